The zero-order chi connectivity index (χ0) is 15.4. The van der Waals surface area contributed by atoms with Crippen LogP contribution in [0.15, 0.2) is 42.5 Å². The van der Waals surface area contributed by atoms with E-state index in [9.17, 15) is 14.5 Å². The predicted octanol–water partition coefficient (Wildman–Crippen LogP) is 4.24. The third-order valence-electron chi connectivity index (χ3n) is 3.19. The molecule has 0 fully saturated rings. The number of halogens is 2. The normalized spacial score (nSPS) is 12.1. The summed E-state index contributed by atoms with van der Waals surface area (Å²) in [6.45, 7) is 2.39. The van der Waals surface area contributed by atoms with Gasteiger partial charge in [0.2, 0.25) is 5.82 Å². The van der Waals surface area contributed by atoms with Crippen LogP contribution < -0.4 is 5.32 Å². The zero-order valence-corrected chi connectivity index (χ0v) is 12.1. The molecule has 2 aromatic carbocycles. The van der Waals surface area contributed by atoms with Gasteiger partial charge in [0.15, 0.2) is 0 Å². The summed E-state index contributed by atoms with van der Waals surface area (Å²) in [4.78, 5) is 9.82. The number of nitrogens with one attached hydrogen (secondary N) is 1. The summed E-state index contributed by atoms with van der Waals surface area (Å²) in [5.41, 5.74) is 1.20. The molecule has 0 amide bonds. The Bertz CT molecular complexity index is 647. The summed E-state index contributed by atoms with van der Waals surface area (Å²) in [6, 6.07) is 11.4. The van der Waals surface area contributed by atoms with Crippen LogP contribution >= 0.6 is 11.6 Å². The molecule has 0 saturated carbocycles. The van der Waals surface area contributed by atoms with Crippen molar-refractivity contribution < 1.29 is 9.31 Å². The maximum absolute atomic E-state index is 13.5. The highest BCUT2D eigenvalue weighted by atomic mass is 35.5. The van der Waals surface area contributed by atoms with Crippen LogP contribution in [0.25, 0.3) is 0 Å². The van der Waals surface area contributed by atoms with Crippen molar-refractivity contribution in [3.8, 4) is 0 Å². The van der Waals surface area contributed by atoms with Crippen molar-refractivity contribution >= 4 is 17.3 Å². The lowest BCUT2D eigenvalue weighted by Gasteiger charge is -2.14. The van der Waals surface area contributed by atoms with Gasteiger partial charge >= 0.3 is 5.69 Å². The van der Waals surface area contributed by atoms with E-state index in [-0.39, 0.29) is 6.04 Å². The molecule has 2 aromatic rings. The van der Waals surface area contributed by atoms with Gasteiger partial charge in [-0.15, -0.1) is 0 Å². The second kappa shape index (κ2) is 6.65. The van der Waals surface area contributed by atoms with Crippen LogP contribution in [0.2, 0.25) is 5.02 Å². The predicted molar refractivity (Wildman–Crippen MR) is 79.8 cm³/mol. The molecule has 0 aliphatic rings. The fraction of sp³-hybridized carbons (Fsp3) is 0.200. The molecule has 0 aromatic heterocycles. The van der Waals surface area contributed by atoms with Crippen molar-refractivity contribution in [3.63, 3.8) is 0 Å². The van der Waals surface area contributed by atoms with Gasteiger partial charge in [0, 0.05) is 23.7 Å². The Morgan fingerprint density at radius 3 is 2.52 bits per heavy atom. The van der Waals surface area contributed by atoms with Gasteiger partial charge in [0.25, 0.3) is 0 Å². The van der Waals surface area contributed by atoms with Gasteiger partial charge in [-0.2, -0.15) is 4.39 Å². The van der Waals surface area contributed by atoms with E-state index in [0.29, 0.717) is 17.1 Å². The monoisotopic (exact) mass is 308 g/mol. The van der Waals surface area contributed by atoms with E-state index in [4.69, 9.17) is 11.6 Å². The second-order valence-corrected chi connectivity index (χ2v) is 5.13. The average Bonchev–Trinajstić information content (AvgIpc) is 2.45. The van der Waals surface area contributed by atoms with E-state index in [0.717, 1.165) is 5.56 Å². The Balaban J connectivity index is 2.01. The van der Waals surface area contributed by atoms with Gasteiger partial charge in [0.05, 0.1) is 4.92 Å². The first kappa shape index (κ1) is 15.4. The van der Waals surface area contributed by atoms with E-state index in [1.54, 1.807) is 18.2 Å². The number of nitro benzene ring substituents is 1. The molecule has 0 bridgehead atoms. The summed E-state index contributed by atoms with van der Waals surface area (Å²) >= 11 is 5.83. The van der Waals surface area contributed by atoms with Gasteiger partial charge < -0.3 is 5.32 Å². The number of rotatable bonds is 5. The molecule has 6 heteroatoms. The summed E-state index contributed by atoms with van der Waals surface area (Å²) < 4.78 is 13.5. The number of nitro groups is 1. The van der Waals surface area contributed by atoms with Crippen LogP contribution in [0.1, 0.15) is 24.1 Å². The lowest BCUT2D eigenvalue weighted by atomic mass is 10.1. The zero-order valence-electron chi connectivity index (χ0n) is 11.3. The van der Waals surface area contributed by atoms with Gasteiger partial charge in [-0.3, -0.25) is 10.1 Å². The molecule has 2 rings (SSSR count). The van der Waals surface area contributed by atoms with E-state index in [1.165, 1.54) is 12.1 Å². The second-order valence-electron chi connectivity index (χ2n) is 4.70. The van der Waals surface area contributed by atoms with E-state index < -0.39 is 16.4 Å². The van der Waals surface area contributed by atoms with Crippen molar-refractivity contribution in [2.24, 2.45) is 0 Å². The lowest BCUT2D eigenvalue weighted by molar-refractivity contribution is -0.387. The fourth-order valence-electron chi connectivity index (χ4n) is 1.95. The van der Waals surface area contributed by atoms with Crippen LogP contribution in [-0.4, -0.2) is 4.92 Å². The van der Waals surface area contributed by atoms with Gasteiger partial charge in [0.1, 0.15) is 0 Å². The Morgan fingerprint density at radius 2 is 1.95 bits per heavy atom. The topological polar surface area (TPSA) is 55.2 Å². The minimum absolute atomic E-state index is 0.0560. The maximum Gasteiger partial charge on any atom is 0.304 e. The molecule has 0 spiro atoms. The highest BCUT2D eigenvalue weighted by Gasteiger charge is 2.14. The van der Waals surface area contributed by atoms with Crippen molar-refractivity contribution in [3.05, 3.63) is 74.5 Å². The van der Waals surface area contributed by atoms with Crippen LogP contribution in [0, 0.1) is 15.9 Å². The molecule has 0 radical (unpaired) electrons. The highest BCUT2D eigenvalue weighted by Crippen LogP contribution is 2.19. The number of hydrogen-bond acceptors (Lipinski definition) is 3. The standard InChI is InChI=1S/C15H14ClFN2O2/c1-10(12-3-5-13(16)6-4-12)18-9-11-2-7-15(19(20)21)14(17)8-11/h2-8,10,18H,9H2,1H3/t10-/m0/s1. The van der Waals surface area contributed by atoms with Gasteiger partial charge in [-0.25, -0.2) is 0 Å². The Labute approximate surface area is 126 Å². The smallest absolute Gasteiger partial charge is 0.304 e. The minimum atomic E-state index is -0.821. The summed E-state index contributed by atoms with van der Waals surface area (Å²) in [7, 11) is 0. The Hall–Kier alpha value is -1.98. The molecule has 0 heterocycles. The number of hydrogen-bond donors (Lipinski definition) is 1. The largest absolute Gasteiger partial charge is 0.306 e. The molecule has 0 unspecified atom stereocenters. The first-order valence-electron chi connectivity index (χ1n) is 6.39. The van der Waals surface area contributed by atoms with Gasteiger partial charge in [-0.05, 0) is 36.2 Å². The van der Waals surface area contributed by atoms with Crippen molar-refractivity contribution in [2.75, 3.05) is 0 Å². The molecule has 0 aliphatic heterocycles. The molecule has 21 heavy (non-hydrogen) atoms. The average molecular weight is 309 g/mol. The summed E-state index contributed by atoms with van der Waals surface area (Å²) in [6.07, 6.45) is 0. The van der Waals surface area contributed by atoms with E-state index >= 15 is 0 Å². The Morgan fingerprint density at radius 1 is 1.29 bits per heavy atom. The Kier molecular flexibility index (Phi) is 4.88. The fourth-order valence-corrected chi connectivity index (χ4v) is 2.07. The SMILES string of the molecule is C[C@H](NCc1ccc([N+](=O)[O-])c(F)c1)c1ccc(Cl)cc1. The van der Waals surface area contributed by atoms with Crippen molar-refractivity contribution in [1.29, 1.82) is 0 Å². The van der Waals surface area contributed by atoms with E-state index in [2.05, 4.69) is 5.32 Å². The summed E-state index contributed by atoms with van der Waals surface area (Å²) in [5.74, 6) is -0.821. The van der Waals surface area contributed by atoms with Crippen LogP contribution in [-0.2, 0) is 6.54 Å². The van der Waals surface area contributed by atoms with E-state index in [1.807, 2.05) is 19.1 Å². The van der Waals surface area contributed by atoms with Crippen molar-refractivity contribution in [1.82, 2.24) is 5.32 Å². The van der Waals surface area contributed by atoms with Crippen molar-refractivity contribution in [2.45, 2.75) is 19.5 Å². The molecule has 1 N–H and O–H groups in total. The molecular weight excluding hydrogens is 295 g/mol. The molecular formula is C15H14ClFN2O2. The quantitative estimate of drug-likeness (QED) is 0.664. The van der Waals surface area contributed by atoms with Crippen LogP contribution in [0.5, 0.6) is 0 Å². The first-order valence-corrected chi connectivity index (χ1v) is 6.77. The number of benzene rings is 2. The number of nitrogens with zero attached hydrogens (tertiary/aromatic N) is 1. The molecule has 0 saturated heterocycles. The molecule has 4 nitrogen and oxygen atoms in total. The van der Waals surface area contributed by atoms with Crippen LogP contribution in [0.4, 0.5) is 10.1 Å². The minimum Gasteiger partial charge on any atom is -0.306 e. The molecule has 110 valence electrons. The highest BCUT2D eigenvalue weighted by molar-refractivity contribution is 6.30. The van der Waals surface area contributed by atoms with Gasteiger partial charge in [-0.1, -0.05) is 29.8 Å². The summed E-state index contributed by atoms with van der Waals surface area (Å²) in [5, 5.41) is 14.5. The third-order valence-corrected chi connectivity index (χ3v) is 3.44. The maximum atomic E-state index is 13.5. The van der Waals surface area contributed by atoms with Crippen LogP contribution in [0.3, 0.4) is 0 Å². The first-order chi connectivity index (χ1) is 9.97. The lowest BCUT2D eigenvalue weighted by Crippen LogP contribution is -2.18. The third kappa shape index (κ3) is 4.00. The molecule has 0 aliphatic carbocycles. The molecule has 1 atom stereocenters.